The lowest BCUT2D eigenvalue weighted by Crippen LogP contribution is -2.49. The molecule has 25 heavy (non-hydrogen) atoms. The fourth-order valence-electron chi connectivity index (χ4n) is 3.47. The van der Waals surface area contributed by atoms with Gasteiger partial charge in [-0.05, 0) is 25.5 Å². The molecule has 1 N–H and O–H groups in total. The highest BCUT2D eigenvalue weighted by Gasteiger charge is 2.32. The first-order chi connectivity index (χ1) is 11.7. The van der Waals surface area contributed by atoms with Gasteiger partial charge in [-0.25, -0.2) is 4.98 Å². The Morgan fingerprint density at radius 3 is 2.84 bits per heavy atom. The van der Waals surface area contributed by atoms with Gasteiger partial charge in [0.05, 0.1) is 0 Å². The summed E-state index contributed by atoms with van der Waals surface area (Å²) in [5.41, 5.74) is 0.532. The van der Waals surface area contributed by atoms with Gasteiger partial charge in [-0.15, -0.1) is 23.7 Å². The van der Waals surface area contributed by atoms with Crippen LogP contribution in [0.25, 0.3) is 10.8 Å². The van der Waals surface area contributed by atoms with Gasteiger partial charge in [0.2, 0.25) is 0 Å². The number of thiazole rings is 1. The highest BCUT2D eigenvalue weighted by Crippen LogP contribution is 2.27. The third-order valence-electron chi connectivity index (χ3n) is 4.79. The maximum absolute atomic E-state index is 12.7. The minimum atomic E-state index is 0. The summed E-state index contributed by atoms with van der Waals surface area (Å²) in [7, 11) is 0. The van der Waals surface area contributed by atoms with Crippen LogP contribution in [0, 0.1) is 6.92 Å². The van der Waals surface area contributed by atoms with E-state index in [2.05, 4.69) is 15.2 Å². The van der Waals surface area contributed by atoms with Crippen LogP contribution in [-0.2, 0) is 0 Å². The summed E-state index contributed by atoms with van der Waals surface area (Å²) in [5.74, 6) is 1.63. The number of nitrogens with zero attached hydrogens (tertiary/aromatic N) is 3. The van der Waals surface area contributed by atoms with Gasteiger partial charge < -0.3 is 14.6 Å². The van der Waals surface area contributed by atoms with E-state index in [4.69, 9.17) is 4.42 Å². The number of hydrogen-bond acceptors (Lipinski definition) is 6. The van der Waals surface area contributed by atoms with E-state index >= 15 is 0 Å². The molecular weight excluding hydrogens is 360 g/mol. The van der Waals surface area contributed by atoms with Crippen molar-refractivity contribution in [2.75, 3.05) is 39.3 Å². The summed E-state index contributed by atoms with van der Waals surface area (Å²) in [6.07, 6.45) is 1.06. The van der Waals surface area contributed by atoms with E-state index in [-0.39, 0.29) is 18.3 Å². The lowest BCUT2D eigenvalue weighted by molar-refractivity contribution is 0.0768. The van der Waals surface area contributed by atoms with Crippen molar-refractivity contribution < 1.29 is 9.21 Å². The Morgan fingerprint density at radius 1 is 1.32 bits per heavy atom. The van der Waals surface area contributed by atoms with Gasteiger partial charge in [-0.3, -0.25) is 9.69 Å². The molecule has 2 aromatic rings. The van der Waals surface area contributed by atoms with Crippen LogP contribution in [0.15, 0.2) is 21.9 Å². The first kappa shape index (κ1) is 18.4. The number of likely N-dealkylation sites (tertiary alicyclic amines) is 1. The van der Waals surface area contributed by atoms with Crippen LogP contribution in [-0.4, -0.2) is 66.0 Å². The van der Waals surface area contributed by atoms with E-state index in [9.17, 15) is 4.79 Å². The van der Waals surface area contributed by atoms with E-state index in [1.165, 1.54) is 11.3 Å². The van der Waals surface area contributed by atoms with Gasteiger partial charge >= 0.3 is 0 Å². The van der Waals surface area contributed by atoms with Gasteiger partial charge in [0, 0.05) is 50.7 Å². The van der Waals surface area contributed by atoms with Crippen molar-refractivity contribution in [2.24, 2.45) is 0 Å². The average Bonchev–Trinajstić information content (AvgIpc) is 3.35. The Morgan fingerprint density at radius 2 is 2.12 bits per heavy atom. The molecule has 8 heteroatoms. The molecule has 2 aromatic heterocycles. The molecule has 0 aromatic carbocycles. The summed E-state index contributed by atoms with van der Waals surface area (Å²) in [6.45, 7) is 7.77. The number of nitrogens with one attached hydrogen (secondary N) is 1. The van der Waals surface area contributed by atoms with Crippen molar-refractivity contribution in [3.05, 3.63) is 29.0 Å². The van der Waals surface area contributed by atoms with Crippen LogP contribution in [0.4, 0.5) is 0 Å². The molecule has 1 unspecified atom stereocenters. The number of rotatable bonds is 3. The molecule has 1 amide bonds. The fraction of sp³-hybridized carbons (Fsp3) is 0.529. The predicted octanol–water partition coefficient (Wildman–Crippen LogP) is 2.25. The minimum absolute atomic E-state index is 0. The Balaban J connectivity index is 0.00000182. The molecule has 2 saturated heterocycles. The zero-order valence-corrected chi connectivity index (χ0v) is 15.9. The number of amides is 1. The second-order valence-electron chi connectivity index (χ2n) is 6.43. The summed E-state index contributed by atoms with van der Waals surface area (Å²) in [6, 6.07) is 4.30. The standard InChI is InChI=1S/C17H22N4O2S.ClH/c1-12-2-3-15(23-12)16-19-14(11-24-16)17(22)21-7-4-13(10-21)20-8-5-18-6-9-20;/h2-3,11,13,18H,4-10H2,1H3;1H. The lowest BCUT2D eigenvalue weighted by atomic mass is 10.2. The molecule has 0 bridgehead atoms. The highest BCUT2D eigenvalue weighted by molar-refractivity contribution is 7.13. The molecule has 136 valence electrons. The third-order valence-corrected chi connectivity index (χ3v) is 5.65. The Hall–Kier alpha value is -1.41. The number of aryl methyl sites for hydroxylation is 1. The van der Waals surface area contributed by atoms with Gasteiger partial charge in [0.15, 0.2) is 10.8 Å². The van der Waals surface area contributed by atoms with Gasteiger partial charge in [0.25, 0.3) is 5.91 Å². The molecule has 0 radical (unpaired) electrons. The van der Waals surface area contributed by atoms with Crippen LogP contribution in [0.3, 0.4) is 0 Å². The van der Waals surface area contributed by atoms with Crippen molar-refractivity contribution in [3.63, 3.8) is 0 Å². The summed E-state index contributed by atoms with van der Waals surface area (Å²) >= 11 is 1.46. The lowest BCUT2D eigenvalue weighted by Gasteiger charge is -2.32. The van der Waals surface area contributed by atoms with Crippen molar-refractivity contribution in [3.8, 4) is 10.8 Å². The van der Waals surface area contributed by atoms with E-state index in [0.717, 1.165) is 62.2 Å². The number of aromatic nitrogens is 1. The maximum Gasteiger partial charge on any atom is 0.273 e. The van der Waals surface area contributed by atoms with Crippen LogP contribution in [0.1, 0.15) is 22.7 Å². The minimum Gasteiger partial charge on any atom is -0.459 e. The molecule has 2 aliphatic heterocycles. The second kappa shape index (κ2) is 7.86. The number of piperazine rings is 1. The summed E-state index contributed by atoms with van der Waals surface area (Å²) in [5, 5.41) is 5.99. The highest BCUT2D eigenvalue weighted by atomic mass is 35.5. The van der Waals surface area contributed by atoms with Crippen LogP contribution < -0.4 is 5.32 Å². The molecule has 2 aliphatic rings. The first-order valence-electron chi connectivity index (χ1n) is 8.47. The molecule has 4 rings (SSSR count). The van der Waals surface area contributed by atoms with Crippen molar-refractivity contribution in [1.82, 2.24) is 20.1 Å². The van der Waals surface area contributed by atoms with Crippen molar-refractivity contribution >= 4 is 29.7 Å². The maximum atomic E-state index is 12.7. The monoisotopic (exact) mass is 382 g/mol. The average molecular weight is 383 g/mol. The molecule has 0 spiro atoms. The van der Waals surface area contributed by atoms with Crippen molar-refractivity contribution in [2.45, 2.75) is 19.4 Å². The smallest absolute Gasteiger partial charge is 0.273 e. The largest absolute Gasteiger partial charge is 0.459 e. The van der Waals surface area contributed by atoms with Crippen LogP contribution in [0.5, 0.6) is 0 Å². The number of halogens is 1. The fourth-order valence-corrected chi connectivity index (χ4v) is 4.22. The number of hydrogen-bond donors (Lipinski definition) is 1. The van der Waals surface area contributed by atoms with Gasteiger partial charge in [0.1, 0.15) is 11.5 Å². The molecule has 0 saturated carbocycles. The van der Waals surface area contributed by atoms with Gasteiger partial charge in [-0.2, -0.15) is 0 Å². The molecule has 2 fully saturated rings. The Bertz CT molecular complexity index is 726. The van der Waals surface area contributed by atoms with Crippen LogP contribution in [0.2, 0.25) is 0 Å². The summed E-state index contributed by atoms with van der Waals surface area (Å²) in [4.78, 5) is 21.7. The van der Waals surface area contributed by atoms with E-state index in [0.29, 0.717) is 11.7 Å². The molecule has 1 atom stereocenters. The van der Waals surface area contributed by atoms with Gasteiger partial charge in [-0.1, -0.05) is 0 Å². The molecule has 4 heterocycles. The Labute approximate surface area is 157 Å². The van der Waals surface area contributed by atoms with E-state index < -0.39 is 0 Å². The zero-order valence-electron chi connectivity index (χ0n) is 14.2. The predicted molar refractivity (Wildman–Crippen MR) is 101 cm³/mol. The molecule has 6 nitrogen and oxygen atoms in total. The number of furan rings is 1. The molecular formula is C17H23ClN4O2S. The zero-order chi connectivity index (χ0) is 16.5. The van der Waals surface area contributed by atoms with E-state index in [1.807, 2.05) is 29.3 Å². The Kier molecular flexibility index (Phi) is 5.78. The quantitative estimate of drug-likeness (QED) is 0.882. The topological polar surface area (TPSA) is 61.6 Å². The van der Waals surface area contributed by atoms with Crippen LogP contribution >= 0.6 is 23.7 Å². The van der Waals surface area contributed by atoms with E-state index in [1.54, 1.807) is 0 Å². The second-order valence-corrected chi connectivity index (χ2v) is 7.29. The molecule has 0 aliphatic carbocycles. The normalized spacial score (nSPS) is 21.3. The first-order valence-corrected chi connectivity index (χ1v) is 9.35. The number of carbonyl (C=O) groups is 1. The van der Waals surface area contributed by atoms with Crippen molar-refractivity contribution in [1.29, 1.82) is 0 Å². The SMILES string of the molecule is Cc1ccc(-c2nc(C(=O)N3CCC(N4CCNCC4)C3)cs2)o1.Cl. The third kappa shape index (κ3) is 3.89. The number of carbonyl (C=O) groups excluding carboxylic acids is 1. The summed E-state index contributed by atoms with van der Waals surface area (Å²) < 4.78 is 5.59.